The van der Waals surface area contributed by atoms with Crippen LogP contribution >= 0.6 is 23.8 Å². The quantitative estimate of drug-likeness (QED) is 0.533. The normalized spacial score (nSPS) is 9.64. The summed E-state index contributed by atoms with van der Waals surface area (Å²) in [6.07, 6.45) is 0. The SMILES string of the molecule is Cc1nc(N)c(C=S)c(Cl)n1. The average molecular weight is 188 g/mol. The molecule has 0 aliphatic rings. The van der Waals surface area contributed by atoms with Crippen LogP contribution in [0.1, 0.15) is 11.4 Å². The summed E-state index contributed by atoms with van der Waals surface area (Å²) in [6.45, 7) is 1.72. The van der Waals surface area contributed by atoms with Crippen molar-refractivity contribution in [2.24, 2.45) is 0 Å². The van der Waals surface area contributed by atoms with Crippen molar-refractivity contribution >= 4 is 35.0 Å². The zero-order valence-corrected chi connectivity index (χ0v) is 7.41. The minimum absolute atomic E-state index is 0.310. The van der Waals surface area contributed by atoms with Gasteiger partial charge >= 0.3 is 0 Å². The molecule has 0 amide bonds. The third kappa shape index (κ3) is 1.64. The van der Waals surface area contributed by atoms with E-state index in [2.05, 4.69) is 22.2 Å². The molecule has 0 aliphatic heterocycles. The smallest absolute Gasteiger partial charge is 0.142 e. The van der Waals surface area contributed by atoms with Crippen molar-refractivity contribution in [2.45, 2.75) is 6.92 Å². The molecule has 0 fully saturated rings. The zero-order valence-electron chi connectivity index (χ0n) is 5.84. The number of hydrogen-bond donors (Lipinski definition) is 1. The lowest BCUT2D eigenvalue weighted by Crippen LogP contribution is -2.01. The number of halogens is 1. The van der Waals surface area contributed by atoms with E-state index >= 15 is 0 Å². The largest absolute Gasteiger partial charge is 0.383 e. The minimum Gasteiger partial charge on any atom is -0.383 e. The van der Waals surface area contributed by atoms with Crippen LogP contribution in [0.25, 0.3) is 0 Å². The van der Waals surface area contributed by atoms with Crippen LogP contribution in [0.4, 0.5) is 5.82 Å². The second kappa shape index (κ2) is 3.11. The van der Waals surface area contributed by atoms with Gasteiger partial charge < -0.3 is 5.73 Å². The maximum atomic E-state index is 5.71. The van der Waals surface area contributed by atoms with Gasteiger partial charge in [0.1, 0.15) is 16.8 Å². The Morgan fingerprint density at radius 2 is 2.18 bits per heavy atom. The van der Waals surface area contributed by atoms with E-state index in [0.717, 1.165) is 0 Å². The van der Waals surface area contributed by atoms with E-state index in [4.69, 9.17) is 17.3 Å². The van der Waals surface area contributed by atoms with E-state index in [0.29, 0.717) is 22.4 Å². The molecule has 11 heavy (non-hydrogen) atoms. The van der Waals surface area contributed by atoms with Gasteiger partial charge in [-0.25, -0.2) is 9.97 Å². The summed E-state index contributed by atoms with van der Waals surface area (Å²) in [6, 6.07) is 0. The van der Waals surface area contributed by atoms with Gasteiger partial charge in [0.2, 0.25) is 0 Å². The predicted molar refractivity (Wildman–Crippen MR) is 48.9 cm³/mol. The zero-order chi connectivity index (χ0) is 8.43. The lowest BCUT2D eigenvalue weighted by molar-refractivity contribution is 1.06. The molecule has 0 radical (unpaired) electrons. The summed E-state index contributed by atoms with van der Waals surface area (Å²) in [5.74, 6) is 0.880. The second-order valence-corrected chi connectivity index (χ2v) is 2.57. The summed E-state index contributed by atoms with van der Waals surface area (Å²) in [7, 11) is 0. The van der Waals surface area contributed by atoms with Gasteiger partial charge in [-0.15, -0.1) is 0 Å². The Labute approximate surface area is 74.6 Å². The Hall–Kier alpha value is -0.740. The highest BCUT2D eigenvalue weighted by molar-refractivity contribution is 7.79. The number of anilines is 1. The van der Waals surface area contributed by atoms with Gasteiger partial charge in [0, 0.05) is 5.37 Å². The number of nitrogens with two attached hydrogens (primary N) is 1. The van der Waals surface area contributed by atoms with Crippen LogP contribution in [0.2, 0.25) is 5.15 Å². The van der Waals surface area contributed by atoms with E-state index in [9.17, 15) is 0 Å². The third-order valence-corrected chi connectivity index (χ3v) is 1.68. The number of nitrogens with zero attached hydrogens (tertiary/aromatic N) is 2. The molecule has 1 aromatic rings. The maximum Gasteiger partial charge on any atom is 0.142 e. The average Bonchev–Trinajstić information content (AvgIpc) is 1.85. The minimum atomic E-state index is 0.310. The number of aryl methyl sites for hydroxylation is 1. The van der Waals surface area contributed by atoms with Crippen LogP contribution in [-0.4, -0.2) is 15.3 Å². The maximum absolute atomic E-state index is 5.71. The van der Waals surface area contributed by atoms with E-state index in [1.807, 2.05) is 0 Å². The van der Waals surface area contributed by atoms with Crippen LogP contribution in [0.3, 0.4) is 0 Å². The Kier molecular flexibility index (Phi) is 2.36. The highest BCUT2D eigenvalue weighted by Crippen LogP contribution is 2.15. The van der Waals surface area contributed by atoms with Crippen molar-refractivity contribution in [3.05, 3.63) is 16.5 Å². The van der Waals surface area contributed by atoms with E-state index in [1.54, 1.807) is 6.92 Å². The Balaban J connectivity index is 3.36. The lowest BCUT2D eigenvalue weighted by Gasteiger charge is -2.00. The van der Waals surface area contributed by atoms with Crippen molar-refractivity contribution in [1.29, 1.82) is 0 Å². The molecule has 58 valence electrons. The Morgan fingerprint density at radius 1 is 1.55 bits per heavy atom. The molecule has 1 aromatic heterocycles. The molecular formula is C6H6ClN3S. The van der Waals surface area contributed by atoms with Crippen molar-refractivity contribution < 1.29 is 0 Å². The second-order valence-electron chi connectivity index (χ2n) is 1.98. The molecule has 0 bridgehead atoms. The third-order valence-electron chi connectivity index (χ3n) is 1.16. The van der Waals surface area contributed by atoms with Crippen molar-refractivity contribution in [3.63, 3.8) is 0 Å². The number of hydrogen-bond acceptors (Lipinski definition) is 4. The van der Waals surface area contributed by atoms with E-state index < -0.39 is 0 Å². The van der Waals surface area contributed by atoms with Gasteiger partial charge in [-0.1, -0.05) is 23.8 Å². The fourth-order valence-electron chi connectivity index (χ4n) is 0.677. The first kappa shape index (κ1) is 8.36. The summed E-state index contributed by atoms with van der Waals surface area (Å²) >= 11 is 10.4. The van der Waals surface area contributed by atoms with Crippen LogP contribution in [0.5, 0.6) is 0 Å². The first-order valence-corrected chi connectivity index (χ1v) is 3.75. The topological polar surface area (TPSA) is 51.8 Å². The Morgan fingerprint density at radius 3 is 2.64 bits per heavy atom. The molecule has 0 unspecified atom stereocenters. The van der Waals surface area contributed by atoms with Gasteiger partial charge in [-0.2, -0.15) is 0 Å². The first-order valence-electron chi connectivity index (χ1n) is 2.90. The molecule has 0 saturated carbocycles. The molecule has 0 aliphatic carbocycles. The number of nitrogen functional groups attached to an aromatic ring is 1. The van der Waals surface area contributed by atoms with E-state index in [1.165, 1.54) is 5.37 Å². The number of aromatic nitrogens is 2. The molecule has 0 saturated heterocycles. The first-order chi connectivity index (χ1) is 5.15. The Bertz CT molecular complexity index is 277. The molecule has 3 nitrogen and oxygen atoms in total. The van der Waals surface area contributed by atoms with Gasteiger partial charge in [-0.05, 0) is 6.92 Å². The highest BCUT2D eigenvalue weighted by atomic mass is 35.5. The molecule has 1 heterocycles. The molecule has 5 heteroatoms. The molecule has 1 rings (SSSR count). The van der Waals surface area contributed by atoms with Crippen molar-refractivity contribution in [1.82, 2.24) is 9.97 Å². The summed E-state index contributed by atoms with van der Waals surface area (Å²) < 4.78 is 0. The molecule has 2 N–H and O–H groups in total. The molecule has 0 aromatic carbocycles. The van der Waals surface area contributed by atoms with Crippen LogP contribution < -0.4 is 5.73 Å². The number of thiocarbonyl (C=S) groups is 1. The fourth-order valence-corrected chi connectivity index (χ4v) is 1.25. The van der Waals surface area contributed by atoms with Gasteiger partial charge in [0.25, 0.3) is 0 Å². The molecular weight excluding hydrogens is 182 g/mol. The number of rotatable bonds is 1. The predicted octanol–water partition coefficient (Wildman–Crippen LogP) is 1.37. The van der Waals surface area contributed by atoms with Crippen molar-refractivity contribution in [2.75, 3.05) is 5.73 Å². The highest BCUT2D eigenvalue weighted by Gasteiger charge is 2.04. The summed E-state index contributed by atoms with van der Waals surface area (Å²) in [5.41, 5.74) is 6.02. The summed E-state index contributed by atoms with van der Waals surface area (Å²) in [4.78, 5) is 7.77. The van der Waals surface area contributed by atoms with Crippen molar-refractivity contribution in [3.8, 4) is 0 Å². The molecule has 0 spiro atoms. The van der Waals surface area contributed by atoms with Gasteiger partial charge in [0.05, 0.1) is 5.56 Å². The monoisotopic (exact) mass is 187 g/mol. The standard InChI is InChI=1S/C6H6ClN3S/c1-3-9-5(7)4(2-11)6(8)10-3/h2H,1H3,(H2,8,9,10). The van der Waals surface area contributed by atoms with E-state index in [-0.39, 0.29) is 0 Å². The van der Waals surface area contributed by atoms with Crippen LogP contribution in [0.15, 0.2) is 0 Å². The van der Waals surface area contributed by atoms with Gasteiger partial charge in [-0.3, -0.25) is 0 Å². The lowest BCUT2D eigenvalue weighted by atomic mass is 10.3. The molecule has 0 atom stereocenters. The van der Waals surface area contributed by atoms with Crippen LogP contribution in [-0.2, 0) is 0 Å². The summed E-state index contributed by atoms with van der Waals surface area (Å²) in [5, 5.41) is 1.68. The van der Waals surface area contributed by atoms with Gasteiger partial charge in [0.15, 0.2) is 0 Å². The van der Waals surface area contributed by atoms with Crippen LogP contribution in [0, 0.1) is 6.92 Å². The fraction of sp³-hybridized carbons (Fsp3) is 0.167.